The number of hydrogen-bond donors (Lipinski definition) is 2. The van der Waals surface area contributed by atoms with Crippen LogP contribution in [0.1, 0.15) is 5.56 Å². The molecule has 0 aliphatic carbocycles. The van der Waals surface area contributed by atoms with Crippen molar-refractivity contribution in [2.75, 3.05) is 6.61 Å². The van der Waals surface area contributed by atoms with Gasteiger partial charge in [-0.2, -0.15) is 5.26 Å². The normalized spacial score (nSPS) is 17.9. The molecule has 1 aromatic carbocycles. The molecule has 5 heteroatoms. The second-order valence-electron chi connectivity index (χ2n) is 3.04. The van der Waals surface area contributed by atoms with Gasteiger partial charge in [-0.3, -0.25) is 9.11 Å². The molecule has 0 aromatic heterocycles. The van der Waals surface area contributed by atoms with Gasteiger partial charge in [0.1, 0.15) is 11.8 Å². The minimum absolute atomic E-state index is 0.0151. The highest BCUT2D eigenvalue weighted by Crippen LogP contribution is 2.56. The van der Waals surface area contributed by atoms with Crippen molar-refractivity contribution in [3.63, 3.8) is 0 Å². The topological polar surface area (TPSA) is 73.5 Å². The van der Waals surface area contributed by atoms with Crippen LogP contribution in [0.15, 0.2) is 28.5 Å². The average molecular weight is 223 g/mol. The first kappa shape index (κ1) is 10.1. The fourth-order valence-corrected chi connectivity index (χ4v) is 2.60. The molecule has 0 bridgehead atoms. The van der Waals surface area contributed by atoms with Crippen LogP contribution in [0, 0.1) is 11.3 Å². The largest absolute Gasteiger partial charge is 0.479 e. The van der Waals surface area contributed by atoms with Crippen molar-refractivity contribution in [1.29, 1.82) is 5.26 Å². The first-order valence-electron chi connectivity index (χ1n) is 4.23. The molecule has 78 valence electrons. The Morgan fingerprint density at radius 3 is 2.93 bits per heavy atom. The summed E-state index contributed by atoms with van der Waals surface area (Å²) in [6.45, 7) is -0.0151. The molecule has 0 atom stereocenters. The van der Waals surface area contributed by atoms with E-state index in [1.807, 2.05) is 6.07 Å². The molecule has 4 nitrogen and oxygen atoms in total. The molecule has 2 rings (SSSR count). The van der Waals surface area contributed by atoms with Gasteiger partial charge in [-0.05, 0) is 24.3 Å². The third-order valence-electron chi connectivity index (χ3n) is 2.05. The van der Waals surface area contributed by atoms with Gasteiger partial charge >= 0.3 is 0 Å². The maximum atomic E-state index is 9.57. The molecular formula is C10H9NO3S. The van der Waals surface area contributed by atoms with Crippen LogP contribution in [0.2, 0.25) is 0 Å². The Morgan fingerprint density at radius 1 is 1.40 bits per heavy atom. The maximum absolute atomic E-state index is 9.57. The number of ether oxygens (including phenoxy) is 1. The number of hydrogen-bond acceptors (Lipinski definition) is 4. The summed E-state index contributed by atoms with van der Waals surface area (Å²) in [5.41, 5.74) is 0.727. The molecule has 15 heavy (non-hydrogen) atoms. The Hall–Kier alpha value is -1.48. The fourth-order valence-electron chi connectivity index (χ4n) is 1.38. The molecule has 0 fully saturated rings. The van der Waals surface area contributed by atoms with Crippen LogP contribution in [0.3, 0.4) is 0 Å². The fraction of sp³-hybridized carbons (Fsp3) is 0.100. The molecule has 1 aliphatic heterocycles. The minimum Gasteiger partial charge on any atom is -0.479 e. The molecular weight excluding hydrogens is 214 g/mol. The van der Waals surface area contributed by atoms with E-state index in [0.29, 0.717) is 10.6 Å². The third-order valence-corrected chi connectivity index (χ3v) is 3.58. The van der Waals surface area contributed by atoms with Crippen molar-refractivity contribution in [2.45, 2.75) is 4.90 Å². The lowest BCUT2D eigenvalue weighted by molar-refractivity contribution is 0.367. The van der Waals surface area contributed by atoms with Crippen molar-refractivity contribution >= 4 is 16.7 Å². The number of nitrogens with zero attached hydrogens (tertiary/aromatic N) is 1. The quantitative estimate of drug-likeness (QED) is 0.808. The monoisotopic (exact) mass is 223 g/mol. The number of nitriles is 1. The van der Waals surface area contributed by atoms with E-state index in [-0.39, 0.29) is 6.61 Å². The van der Waals surface area contributed by atoms with Crippen molar-refractivity contribution in [2.24, 2.45) is 0 Å². The second kappa shape index (κ2) is 3.59. The Labute approximate surface area is 88.8 Å². The van der Waals surface area contributed by atoms with Crippen LogP contribution in [0.25, 0.3) is 6.08 Å². The summed E-state index contributed by atoms with van der Waals surface area (Å²) in [5, 5.41) is 9.72. The molecule has 0 saturated heterocycles. The van der Waals surface area contributed by atoms with Gasteiger partial charge < -0.3 is 4.74 Å². The highest BCUT2D eigenvalue weighted by Gasteiger charge is 2.21. The van der Waals surface area contributed by atoms with Crippen molar-refractivity contribution < 1.29 is 13.8 Å². The zero-order valence-corrected chi connectivity index (χ0v) is 8.57. The highest BCUT2D eigenvalue weighted by molar-refractivity contribution is 8.27. The maximum Gasteiger partial charge on any atom is 0.174 e. The van der Waals surface area contributed by atoms with Gasteiger partial charge in [0, 0.05) is 11.0 Å². The summed E-state index contributed by atoms with van der Waals surface area (Å²) >= 11 is 0. The van der Waals surface area contributed by atoms with Crippen LogP contribution >= 0.6 is 10.6 Å². The predicted octanol–water partition coefficient (Wildman–Crippen LogP) is 2.68. The predicted molar refractivity (Wildman–Crippen MR) is 57.7 cm³/mol. The van der Waals surface area contributed by atoms with Crippen molar-refractivity contribution in [1.82, 2.24) is 0 Å². The first-order valence-corrected chi connectivity index (χ1v) is 5.84. The van der Waals surface area contributed by atoms with E-state index in [2.05, 4.69) is 0 Å². The van der Waals surface area contributed by atoms with Gasteiger partial charge in [0.15, 0.2) is 6.61 Å². The summed E-state index contributed by atoms with van der Waals surface area (Å²) in [7, 11) is -2.74. The molecule has 1 aromatic rings. The molecule has 0 unspecified atom stereocenters. The lowest BCUT2D eigenvalue weighted by atomic mass is 10.2. The van der Waals surface area contributed by atoms with E-state index in [1.54, 1.807) is 24.3 Å². The molecule has 0 saturated carbocycles. The summed E-state index contributed by atoms with van der Waals surface area (Å²) in [6, 6.07) is 6.78. The Kier molecular flexibility index (Phi) is 2.40. The van der Waals surface area contributed by atoms with Crippen molar-refractivity contribution in [3.05, 3.63) is 29.2 Å². The number of fused-ring (bicyclic) bond motifs is 1. The Balaban J connectivity index is 2.30. The molecule has 1 aliphatic rings. The standard InChI is InChI=1S/C10H9NO3S/c11-4-5-14-9-1-2-10-8(7-9)3-6-15(10,12)13/h1-3,6-7,12-13H,5H2. The van der Waals surface area contributed by atoms with E-state index in [4.69, 9.17) is 10.00 Å². The Morgan fingerprint density at radius 2 is 2.20 bits per heavy atom. The third kappa shape index (κ3) is 1.83. The minimum atomic E-state index is -2.74. The average Bonchev–Trinajstić information content (AvgIpc) is 2.52. The van der Waals surface area contributed by atoms with Crippen LogP contribution < -0.4 is 4.74 Å². The van der Waals surface area contributed by atoms with E-state index in [1.165, 1.54) is 5.41 Å². The van der Waals surface area contributed by atoms with E-state index < -0.39 is 10.6 Å². The molecule has 0 amide bonds. The zero-order valence-electron chi connectivity index (χ0n) is 7.75. The Bertz CT molecular complexity index is 462. The van der Waals surface area contributed by atoms with Crippen molar-refractivity contribution in [3.8, 4) is 11.8 Å². The van der Waals surface area contributed by atoms with Gasteiger partial charge in [-0.15, -0.1) is 10.6 Å². The second-order valence-corrected chi connectivity index (χ2v) is 4.94. The molecule has 1 heterocycles. The van der Waals surface area contributed by atoms with Crippen LogP contribution in [0.5, 0.6) is 5.75 Å². The summed E-state index contributed by atoms with van der Waals surface area (Å²) in [5.74, 6) is 0.553. The van der Waals surface area contributed by atoms with E-state index in [0.717, 1.165) is 5.56 Å². The lowest BCUT2D eigenvalue weighted by Crippen LogP contribution is -1.95. The summed E-state index contributed by atoms with van der Waals surface area (Å²) in [4.78, 5) is 0.506. The number of rotatable bonds is 2. The molecule has 0 radical (unpaired) electrons. The smallest absolute Gasteiger partial charge is 0.174 e. The SMILES string of the molecule is N#CCOc1ccc2c(c1)C=CS2(O)O. The molecule has 0 spiro atoms. The van der Waals surface area contributed by atoms with Gasteiger partial charge in [0.05, 0.1) is 4.90 Å². The van der Waals surface area contributed by atoms with E-state index >= 15 is 0 Å². The first-order chi connectivity index (χ1) is 7.13. The van der Waals surface area contributed by atoms with Crippen LogP contribution in [-0.4, -0.2) is 15.7 Å². The van der Waals surface area contributed by atoms with Gasteiger partial charge in [0.2, 0.25) is 0 Å². The highest BCUT2D eigenvalue weighted by atomic mass is 32.3. The van der Waals surface area contributed by atoms with Gasteiger partial charge in [-0.25, -0.2) is 0 Å². The van der Waals surface area contributed by atoms with Gasteiger partial charge in [0.25, 0.3) is 0 Å². The molecule has 2 N–H and O–H groups in total. The van der Waals surface area contributed by atoms with Crippen LogP contribution in [-0.2, 0) is 0 Å². The summed E-state index contributed by atoms with van der Waals surface area (Å²) < 4.78 is 24.2. The lowest BCUT2D eigenvalue weighted by Gasteiger charge is -2.25. The van der Waals surface area contributed by atoms with Gasteiger partial charge in [-0.1, -0.05) is 0 Å². The number of benzene rings is 1. The zero-order chi connectivity index (χ0) is 10.9. The summed E-state index contributed by atoms with van der Waals surface area (Å²) in [6.07, 6.45) is 1.64. The van der Waals surface area contributed by atoms with E-state index in [9.17, 15) is 9.11 Å². The van der Waals surface area contributed by atoms with Crippen LogP contribution in [0.4, 0.5) is 0 Å².